The van der Waals surface area contributed by atoms with Crippen molar-refractivity contribution in [1.29, 1.82) is 0 Å². The Kier molecular flexibility index (Phi) is 7.18. The van der Waals surface area contributed by atoms with Crippen LogP contribution < -0.4 is 21.1 Å². The Morgan fingerprint density at radius 1 is 1.12 bits per heavy atom. The molecule has 15 heteroatoms. The standard InChI is InChI=1S/C25H25F5N8O2/c1-40-17-6-14(26)12(5-15(17)27)19-18(28)13(8-38-11-36-20-23(31)34-10-35-24(20)38)16(7-33-19)37-4-2-3-25(32,9-37)21(39)22(29)30/h5-7,10-11,21-22,39H,2-4,8-9,32H2,1H3,(H2,31,34,35)/t21-,25-/m1/s1. The van der Waals surface area contributed by atoms with Gasteiger partial charge in [0.1, 0.15) is 29.5 Å². The highest BCUT2D eigenvalue weighted by molar-refractivity contribution is 5.81. The summed E-state index contributed by atoms with van der Waals surface area (Å²) in [5.41, 5.74) is 10.1. The van der Waals surface area contributed by atoms with Crippen LogP contribution in [0.1, 0.15) is 18.4 Å². The number of imidazole rings is 1. The van der Waals surface area contributed by atoms with Crippen LogP contribution in [0.2, 0.25) is 0 Å². The van der Waals surface area contributed by atoms with Crippen LogP contribution in [-0.2, 0) is 6.54 Å². The predicted octanol–water partition coefficient (Wildman–Crippen LogP) is 2.87. The average molecular weight is 565 g/mol. The molecule has 1 saturated heterocycles. The Labute approximate surface area is 224 Å². The van der Waals surface area contributed by atoms with Gasteiger partial charge in [-0.3, -0.25) is 4.98 Å². The highest BCUT2D eigenvalue weighted by Gasteiger charge is 2.43. The molecule has 3 aromatic heterocycles. The van der Waals surface area contributed by atoms with E-state index in [-0.39, 0.29) is 60.0 Å². The second kappa shape index (κ2) is 10.5. The number of nitrogens with zero attached hydrogens (tertiary/aromatic N) is 6. The molecule has 1 fully saturated rings. The van der Waals surface area contributed by atoms with Gasteiger partial charge in [0.05, 0.1) is 37.4 Å². The van der Waals surface area contributed by atoms with Crippen molar-refractivity contribution in [3.63, 3.8) is 0 Å². The van der Waals surface area contributed by atoms with Gasteiger partial charge in [0, 0.05) is 30.3 Å². The van der Waals surface area contributed by atoms with Crippen molar-refractivity contribution in [1.82, 2.24) is 24.5 Å². The molecular formula is C25H25F5N8O2. The summed E-state index contributed by atoms with van der Waals surface area (Å²) >= 11 is 0. The van der Waals surface area contributed by atoms with E-state index in [9.17, 15) is 22.7 Å². The molecule has 0 amide bonds. The zero-order chi connectivity index (χ0) is 28.8. The van der Waals surface area contributed by atoms with Gasteiger partial charge in [-0.05, 0) is 18.9 Å². The van der Waals surface area contributed by atoms with Gasteiger partial charge in [0.25, 0.3) is 6.43 Å². The Morgan fingerprint density at radius 2 is 1.90 bits per heavy atom. The second-order valence-corrected chi connectivity index (χ2v) is 9.59. The Morgan fingerprint density at radius 3 is 2.62 bits per heavy atom. The first-order valence-electron chi connectivity index (χ1n) is 12.2. The quantitative estimate of drug-likeness (QED) is 0.289. The average Bonchev–Trinajstić information content (AvgIpc) is 3.34. The van der Waals surface area contributed by atoms with Crippen LogP contribution in [0.3, 0.4) is 0 Å². The second-order valence-electron chi connectivity index (χ2n) is 9.59. The molecule has 5 N–H and O–H groups in total. The number of ether oxygens (including phenoxy) is 1. The van der Waals surface area contributed by atoms with Crippen molar-refractivity contribution >= 4 is 22.7 Å². The van der Waals surface area contributed by atoms with Crippen LogP contribution in [0.4, 0.5) is 33.5 Å². The molecule has 0 aliphatic carbocycles. The minimum absolute atomic E-state index is 0.0482. The first-order valence-corrected chi connectivity index (χ1v) is 12.2. The third kappa shape index (κ3) is 4.75. The maximum absolute atomic E-state index is 16.3. The number of aliphatic hydroxyl groups is 1. The van der Waals surface area contributed by atoms with E-state index in [0.29, 0.717) is 6.42 Å². The van der Waals surface area contributed by atoms with Crippen molar-refractivity contribution < 1.29 is 31.8 Å². The summed E-state index contributed by atoms with van der Waals surface area (Å²) in [5, 5.41) is 10.1. The van der Waals surface area contributed by atoms with E-state index >= 15 is 4.39 Å². The summed E-state index contributed by atoms with van der Waals surface area (Å²) in [6, 6.07) is 1.55. The molecule has 1 aliphatic rings. The minimum Gasteiger partial charge on any atom is -0.494 e. The predicted molar refractivity (Wildman–Crippen MR) is 135 cm³/mol. The molecule has 1 aliphatic heterocycles. The largest absolute Gasteiger partial charge is 0.494 e. The molecule has 10 nitrogen and oxygen atoms in total. The SMILES string of the molecule is COc1cc(F)c(-c2ncc(N3CCC[C@](N)([C@H](O)C(F)F)C3)c(Cn3cnc4c(N)ncnc43)c2F)cc1F. The molecule has 40 heavy (non-hydrogen) atoms. The van der Waals surface area contributed by atoms with Gasteiger partial charge in [0.15, 0.2) is 28.8 Å². The third-order valence-electron chi connectivity index (χ3n) is 7.08. The smallest absolute Gasteiger partial charge is 0.265 e. The van der Waals surface area contributed by atoms with E-state index in [1.54, 1.807) is 0 Å². The number of halogens is 5. The molecule has 0 radical (unpaired) electrons. The summed E-state index contributed by atoms with van der Waals surface area (Å²) in [6.45, 7) is -0.180. The number of aromatic nitrogens is 5. The van der Waals surface area contributed by atoms with Crippen LogP contribution in [-0.4, -0.2) is 67.9 Å². The number of nitrogens with two attached hydrogens (primary N) is 2. The van der Waals surface area contributed by atoms with E-state index < -0.39 is 46.8 Å². The van der Waals surface area contributed by atoms with E-state index in [4.69, 9.17) is 16.2 Å². The number of fused-ring (bicyclic) bond motifs is 1. The van der Waals surface area contributed by atoms with E-state index in [1.165, 1.54) is 28.3 Å². The van der Waals surface area contributed by atoms with Crippen LogP contribution >= 0.6 is 0 Å². The lowest BCUT2D eigenvalue weighted by Gasteiger charge is -2.44. The van der Waals surface area contributed by atoms with E-state index in [2.05, 4.69) is 19.9 Å². The Balaban J connectivity index is 1.65. The van der Waals surface area contributed by atoms with Gasteiger partial charge < -0.3 is 30.8 Å². The van der Waals surface area contributed by atoms with Crippen LogP contribution in [0.25, 0.3) is 22.4 Å². The number of alkyl halides is 2. The van der Waals surface area contributed by atoms with E-state index in [0.717, 1.165) is 19.2 Å². The maximum atomic E-state index is 16.3. The highest BCUT2D eigenvalue weighted by Crippen LogP contribution is 2.37. The fraction of sp³-hybridized carbons (Fsp3) is 0.360. The number of anilines is 2. The summed E-state index contributed by atoms with van der Waals surface area (Å²) in [7, 11) is 1.16. The van der Waals surface area contributed by atoms with Gasteiger partial charge in [-0.2, -0.15) is 0 Å². The number of hydrogen-bond acceptors (Lipinski definition) is 9. The van der Waals surface area contributed by atoms with Gasteiger partial charge in [-0.15, -0.1) is 0 Å². The molecule has 1 aromatic carbocycles. The monoisotopic (exact) mass is 564 g/mol. The van der Waals surface area contributed by atoms with Gasteiger partial charge >= 0.3 is 0 Å². The number of benzene rings is 1. The normalized spacial score (nSPS) is 18.5. The molecular weight excluding hydrogens is 539 g/mol. The Bertz CT molecular complexity index is 1570. The van der Waals surface area contributed by atoms with Crippen molar-refractivity contribution in [3.05, 3.63) is 54.0 Å². The number of aliphatic hydroxyl groups excluding tert-OH is 1. The van der Waals surface area contributed by atoms with Crippen molar-refractivity contribution in [2.24, 2.45) is 5.73 Å². The van der Waals surface area contributed by atoms with Crippen LogP contribution in [0.15, 0.2) is 31.0 Å². The first-order chi connectivity index (χ1) is 19.0. The molecule has 4 aromatic rings. The van der Waals surface area contributed by atoms with E-state index in [1.807, 2.05) is 0 Å². The number of hydrogen-bond donors (Lipinski definition) is 3. The zero-order valence-electron chi connectivity index (χ0n) is 21.2. The fourth-order valence-corrected chi connectivity index (χ4v) is 4.99. The summed E-state index contributed by atoms with van der Waals surface area (Å²) in [6.07, 6.45) is -0.980. The van der Waals surface area contributed by atoms with Crippen molar-refractivity contribution in [2.75, 3.05) is 30.8 Å². The molecule has 0 unspecified atom stereocenters. The van der Waals surface area contributed by atoms with Gasteiger partial charge in [0.2, 0.25) is 0 Å². The number of nitrogen functional groups attached to an aromatic ring is 1. The fourth-order valence-electron chi connectivity index (χ4n) is 4.99. The Hall–Kier alpha value is -4.11. The number of rotatable bonds is 7. The van der Waals surface area contributed by atoms with Crippen LogP contribution in [0.5, 0.6) is 5.75 Å². The lowest BCUT2D eigenvalue weighted by molar-refractivity contribution is -0.0529. The molecule has 4 heterocycles. The summed E-state index contributed by atoms with van der Waals surface area (Å²) in [5.74, 6) is -3.17. The zero-order valence-corrected chi connectivity index (χ0v) is 21.2. The van der Waals surface area contributed by atoms with Crippen LogP contribution in [0, 0.1) is 17.5 Å². The molecule has 2 atom stereocenters. The topological polar surface area (TPSA) is 141 Å². The number of pyridine rings is 1. The summed E-state index contributed by atoms with van der Waals surface area (Å²) < 4.78 is 78.8. The molecule has 5 rings (SSSR count). The summed E-state index contributed by atoms with van der Waals surface area (Å²) in [4.78, 5) is 17.8. The lowest BCUT2D eigenvalue weighted by Crippen LogP contribution is -2.63. The van der Waals surface area contributed by atoms with Gasteiger partial charge in [-0.1, -0.05) is 0 Å². The third-order valence-corrected chi connectivity index (χ3v) is 7.08. The van der Waals surface area contributed by atoms with Crippen molar-refractivity contribution in [3.8, 4) is 17.0 Å². The van der Waals surface area contributed by atoms with Gasteiger partial charge in [-0.25, -0.2) is 36.9 Å². The first kappa shape index (κ1) is 27.5. The number of piperidine rings is 1. The maximum Gasteiger partial charge on any atom is 0.265 e. The minimum atomic E-state index is -3.09. The molecule has 0 bridgehead atoms. The lowest BCUT2D eigenvalue weighted by atomic mass is 9.84. The molecule has 0 saturated carbocycles. The molecule has 212 valence electrons. The molecule has 0 spiro atoms. The van der Waals surface area contributed by atoms with Crippen molar-refractivity contribution in [2.45, 2.75) is 37.5 Å². The highest BCUT2D eigenvalue weighted by atomic mass is 19.3. The number of methoxy groups -OCH3 is 1.